The second kappa shape index (κ2) is 9.51. The molecule has 5 nitrogen and oxygen atoms in total. The van der Waals surface area contributed by atoms with Gasteiger partial charge in [0.2, 0.25) is 0 Å². The summed E-state index contributed by atoms with van der Waals surface area (Å²) in [5.41, 5.74) is 2.14. The van der Waals surface area contributed by atoms with E-state index in [1.165, 1.54) is 0 Å². The summed E-state index contributed by atoms with van der Waals surface area (Å²) in [4.78, 5) is 35.9. The van der Waals surface area contributed by atoms with Gasteiger partial charge in [0.1, 0.15) is 0 Å². The molecule has 0 fully saturated rings. The van der Waals surface area contributed by atoms with Crippen molar-refractivity contribution >= 4 is 34.9 Å². The van der Waals surface area contributed by atoms with Crippen LogP contribution < -0.4 is 5.32 Å². The molecule has 2 aromatic carbocycles. The molecule has 6 heteroatoms. The molecule has 0 heterocycles. The monoisotopic (exact) mass is 401 g/mol. The molecule has 1 amide bonds. The summed E-state index contributed by atoms with van der Waals surface area (Å²) in [6.45, 7) is 5.86. The maximum absolute atomic E-state index is 12.2. The number of amides is 1. The minimum atomic E-state index is -0.603. The van der Waals surface area contributed by atoms with E-state index in [4.69, 9.17) is 16.3 Å². The van der Waals surface area contributed by atoms with Gasteiger partial charge in [-0.05, 0) is 23.1 Å². The largest absolute Gasteiger partial charge is 0.456 e. The third kappa shape index (κ3) is 6.50. The van der Waals surface area contributed by atoms with Crippen LogP contribution in [0.15, 0.2) is 48.5 Å². The number of carbonyl (C=O) groups is 3. The van der Waals surface area contributed by atoms with Crippen LogP contribution in [0.3, 0.4) is 0 Å². The molecule has 0 radical (unpaired) electrons. The van der Waals surface area contributed by atoms with E-state index in [0.717, 1.165) is 5.56 Å². The van der Waals surface area contributed by atoms with Crippen molar-refractivity contribution in [3.05, 3.63) is 64.7 Å². The highest BCUT2D eigenvalue weighted by Crippen LogP contribution is 2.23. The molecular weight excluding hydrogens is 378 g/mol. The van der Waals surface area contributed by atoms with Crippen LogP contribution in [-0.2, 0) is 19.7 Å². The van der Waals surface area contributed by atoms with Gasteiger partial charge in [-0.25, -0.2) is 0 Å². The van der Waals surface area contributed by atoms with E-state index in [9.17, 15) is 14.4 Å². The zero-order valence-corrected chi connectivity index (χ0v) is 17.0. The third-order valence-electron chi connectivity index (χ3n) is 4.14. The summed E-state index contributed by atoms with van der Waals surface area (Å²) >= 11 is 5.95. The second-order valence-corrected chi connectivity index (χ2v) is 7.85. The van der Waals surface area contributed by atoms with Crippen molar-refractivity contribution in [3.8, 4) is 0 Å². The number of ether oxygens (including phenoxy) is 1. The fraction of sp³-hybridized carbons (Fsp3) is 0.318. The Balaban J connectivity index is 1.76. The zero-order chi connectivity index (χ0) is 20.7. The van der Waals surface area contributed by atoms with Crippen LogP contribution in [0.2, 0.25) is 5.02 Å². The molecule has 0 atom stereocenters. The number of carbonyl (C=O) groups excluding carboxylic acids is 3. The van der Waals surface area contributed by atoms with Gasteiger partial charge < -0.3 is 10.1 Å². The number of ketones is 1. The van der Waals surface area contributed by atoms with Crippen LogP contribution in [0, 0.1) is 0 Å². The van der Waals surface area contributed by atoms with E-state index in [0.29, 0.717) is 16.3 Å². The second-order valence-electron chi connectivity index (χ2n) is 7.44. The maximum atomic E-state index is 12.2. The smallest absolute Gasteiger partial charge is 0.306 e. The third-order valence-corrected chi connectivity index (χ3v) is 4.47. The van der Waals surface area contributed by atoms with Crippen LogP contribution in [0.1, 0.15) is 49.5 Å². The first-order chi connectivity index (χ1) is 13.2. The van der Waals surface area contributed by atoms with Crippen LogP contribution in [0.4, 0.5) is 5.69 Å². The van der Waals surface area contributed by atoms with E-state index < -0.39 is 18.5 Å². The number of nitrogens with one attached hydrogen (secondary N) is 1. The number of benzene rings is 2. The summed E-state index contributed by atoms with van der Waals surface area (Å²) in [5, 5.41) is 2.95. The SMILES string of the molecule is CC(C)(C)c1ccc(C(=O)CCC(=O)OCC(=O)Nc2ccccc2Cl)cc1. The molecule has 0 saturated heterocycles. The minimum Gasteiger partial charge on any atom is -0.456 e. The maximum Gasteiger partial charge on any atom is 0.306 e. The predicted octanol–water partition coefficient (Wildman–Crippen LogP) is 4.78. The molecule has 0 spiro atoms. The fourth-order valence-electron chi connectivity index (χ4n) is 2.48. The van der Waals surface area contributed by atoms with Gasteiger partial charge in [-0.15, -0.1) is 0 Å². The lowest BCUT2D eigenvalue weighted by molar-refractivity contribution is -0.147. The zero-order valence-electron chi connectivity index (χ0n) is 16.3. The van der Waals surface area contributed by atoms with E-state index in [2.05, 4.69) is 26.1 Å². The van der Waals surface area contributed by atoms with E-state index in [1.54, 1.807) is 36.4 Å². The lowest BCUT2D eigenvalue weighted by atomic mass is 9.86. The first kappa shape index (κ1) is 21.6. The Labute approximate surface area is 170 Å². The van der Waals surface area contributed by atoms with Crippen molar-refractivity contribution in [1.29, 1.82) is 0 Å². The molecule has 0 aliphatic heterocycles. The predicted molar refractivity (Wildman–Crippen MR) is 110 cm³/mol. The number of para-hydroxylation sites is 1. The van der Waals surface area contributed by atoms with E-state index in [1.807, 2.05) is 12.1 Å². The number of halogens is 1. The highest BCUT2D eigenvalue weighted by atomic mass is 35.5. The average Bonchev–Trinajstić information content (AvgIpc) is 2.65. The van der Waals surface area contributed by atoms with E-state index in [-0.39, 0.29) is 24.0 Å². The van der Waals surface area contributed by atoms with Gasteiger partial charge in [-0.3, -0.25) is 14.4 Å². The fourth-order valence-corrected chi connectivity index (χ4v) is 2.67. The van der Waals surface area contributed by atoms with Gasteiger partial charge in [0.25, 0.3) is 5.91 Å². The average molecular weight is 402 g/mol. The Morgan fingerprint density at radius 2 is 1.61 bits per heavy atom. The standard InChI is InChI=1S/C22H24ClNO4/c1-22(2,3)16-10-8-15(9-11-16)19(25)12-13-21(27)28-14-20(26)24-18-7-5-4-6-17(18)23/h4-11H,12-14H2,1-3H3,(H,24,26). The Bertz CT molecular complexity index is 854. The molecule has 148 valence electrons. The minimum absolute atomic E-state index is 0.00986. The molecular formula is C22H24ClNO4. The first-order valence-electron chi connectivity index (χ1n) is 9.00. The molecule has 0 unspecified atom stereocenters. The number of hydrogen-bond donors (Lipinski definition) is 1. The number of anilines is 1. The first-order valence-corrected chi connectivity index (χ1v) is 9.38. The van der Waals surface area contributed by atoms with Gasteiger partial charge >= 0.3 is 5.97 Å². The number of Topliss-reactive ketones (excluding diaryl/α,β-unsaturated/α-hetero) is 1. The normalized spacial score (nSPS) is 11.0. The summed E-state index contributed by atoms with van der Waals surface area (Å²) in [5.74, 6) is -1.24. The Morgan fingerprint density at radius 1 is 0.964 bits per heavy atom. The van der Waals surface area contributed by atoms with Gasteiger partial charge in [0, 0.05) is 12.0 Å². The van der Waals surface area contributed by atoms with Crippen molar-refractivity contribution in [2.75, 3.05) is 11.9 Å². The van der Waals surface area contributed by atoms with Gasteiger partial charge in [-0.1, -0.05) is 68.8 Å². The highest BCUT2D eigenvalue weighted by Gasteiger charge is 2.16. The molecule has 0 saturated carbocycles. The van der Waals surface area contributed by atoms with Crippen molar-refractivity contribution in [2.24, 2.45) is 0 Å². The lowest BCUT2D eigenvalue weighted by Gasteiger charge is -2.18. The van der Waals surface area contributed by atoms with Crippen molar-refractivity contribution in [1.82, 2.24) is 0 Å². The quantitative estimate of drug-likeness (QED) is 0.535. The molecule has 0 aliphatic carbocycles. The molecule has 28 heavy (non-hydrogen) atoms. The summed E-state index contributed by atoms with van der Waals surface area (Å²) in [6, 6.07) is 14.1. The Kier molecular flexibility index (Phi) is 7.35. The van der Waals surface area contributed by atoms with Crippen LogP contribution in [0.5, 0.6) is 0 Å². The van der Waals surface area contributed by atoms with Gasteiger partial charge in [0.05, 0.1) is 17.1 Å². The molecule has 2 aromatic rings. The molecule has 1 N–H and O–H groups in total. The summed E-state index contributed by atoms with van der Waals surface area (Å²) in [7, 11) is 0. The lowest BCUT2D eigenvalue weighted by Crippen LogP contribution is -2.21. The number of rotatable bonds is 7. The van der Waals surface area contributed by atoms with Crippen molar-refractivity contribution < 1.29 is 19.1 Å². The number of esters is 1. The van der Waals surface area contributed by atoms with Crippen LogP contribution in [0.25, 0.3) is 0 Å². The molecule has 2 rings (SSSR count). The summed E-state index contributed by atoms with van der Waals surface area (Å²) < 4.78 is 4.92. The molecule has 0 bridgehead atoms. The number of hydrogen-bond acceptors (Lipinski definition) is 4. The summed E-state index contributed by atoms with van der Waals surface area (Å²) in [6.07, 6.45) is -0.0565. The van der Waals surface area contributed by atoms with Crippen molar-refractivity contribution in [3.63, 3.8) is 0 Å². The molecule has 0 aliphatic rings. The molecule has 0 aromatic heterocycles. The van der Waals surface area contributed by atoms with Crippen LogP contribution >= 0.6 is 11.6 Å². The van der Waals surface area contributed by atoms with Gasteiger partial charge in [0.15, 0.2) is 12.4 Å². The van der Waals surface area contributed by atoms with Gasteiger partial charge in [-0.2, -0.15) is 0 Å². The Hall–Kier alpha value is -2.66. The Morgan fingerprint density at radius 3 is 2.21 bits per heavy atom. The highest BCUT2D eigenvalue weighted by molar-refractivity contribution is 6.33. The van der Waals surface area contributed by atoms with Crippen LogP contribution in [-0.4, -0.2) is 24.3 Å². The van der Waals surface area contributed by atoms with E-state index >= 15 is 0 Å². The van der Waals surface area contributed by atoms with Crippen molar-refractivity contribution in [2.45, 2.75) is 39.0 Å². The topological polar surface area (TPSA) is 72.5 Å².